The summed E-state index contributed by atoms with van der Waals surface area (Å²) in [6.45, 7) is 3.54. The van der Waals surface area contributed by atoms with Gasteiger partial charge in [-0.2, -0.15) is 5.26 Å². The van der Waals surface area contributed by atoms with Crippen molar-refractivity contribution in [3.8, 4) is 11.8 Å². The third-order valence-electron chi connectivity index (χ3n) is 5.17. The minimum Gasteiger partial charge on any atom is -0.489 e. The predicted molar refractivity (Wildman–Crippen MR) is 115 cm³/mol. The number of carbonyl (C=O) groups is 2. The Morgan fingerprint density at radius 2 is 2.07 bits per heavy atom. The van der Waals surface area contributed by atoms with E-state index in [9.17, 15) is 9.59 Å². The van der Waals surface area contributed by atoms with Crippen molar-refractivity contribution in [2.75, 3.05) is 18.4 Å². The summed E-state index contributed by atoms with van der Waals surface area (Å²) in [5.74, 6) is 0.505. The van der Waals surface area contributed by atoms with Crippen molar-refractivity contribution in [3.63, 3.8) is 0 Å². The van der Waals surface area contributed by atoms with Gasteiger partial charge in [-0.05, 0) is 49.1 Å². The molecule has 156 valence electrons. The average molecular weight is 405 g/mol. The molecule has 1 N–H and O–H groups in total. The first-order chi connectivity index (χ1) is 14.6. The van der Waals surface area contributed by atoms with Gasteiger partial charge in [0.1, 0.15) is 12.4 Å². The normalized spacial score (nSPS) is 15.9. The zero-order chi connectivity index (χ0) is 21.3. The molecule has 1 unspecified atom stereocenters. The number of nitriles is 1. The Morgan fingerprint density at radius 3 is 2.87 bits per heavy atom. The number of piperidine rings is 1. The molecule has 0 saturated carbocycles. The zero-order valence-corrected chi connectivity index (χ0v) is 17.3. The maximum absolute atomic E-state index is 12.7. The monoisotopic (exact) mass is 405 g/mol. The number of rotatable bonds is 7. The molecular weight excluding hydrogens is 378 g/mol. The van der Waals surface area contributed by atoms with Gasteiger partial charge < -0.3 is 15.0 Å². The van der Waals surface area contributed by atoms with E-state index in [1.54, 1.807) is 18.2 Å². The van der Waals surface area contributed by atoms with E-state index in [0.29, 0.717) is 36.6 Å². The van der Waals surface area contributed by atoms with Gasteiger partial charge in [0.25, 0.3) is 0 Å². The summed E-state index contributed by atoms with van der Waals surface area (Å²) < 4.78 is 5.82. The molecule has 3 rings (SSSR count). The molecule has 0 aromatic heterocycles. The Bertz CT molecular complexity index is 935. The van der Waals surface area contributed by atoms with Crippen molar-refractivity contribution in [1.82, 2.24) is 4.90 Å². The summed E-state index contributed by atoms with van der Waals surface area (Å²) >= 11 is 0. The van der Waals surface area contributed by atoms with Gasteiger partial charge in [0, 0.05) is 31.3 Å². The lowest BCUT2D eigenvalue weighted by Gasteiger charge is -2.32. The molecule has 1 saturated heterocycles. The van der Waals surface area contributed by atoms with Gasteiger partial charge in [0.2, 0.25) is 11.8 Å². The number of benzene rings is 2. The van der Waals surface area contributed by atoms with Crippen molar-refractivity contribution >= 4 is 17.5 Å². The average Bonchev–Trinajstić information content (AvgIpc) is 2.78. The maximum Gasteiger partial charge on any atom is 0.229 e. The van der Waals surface area contributed by atoms with E-state index >= 15 is 0 Å². The van der Waals surface area contributed by atoms with Crippen LogP contribution < -0.4 is 10.1 Å². The lowest BCUT2D eigenvalue weighted by atomic mass is 9.96. The molecule has 1 atom stereocenters. The van der Waals surface area contributed by atoms with E-state index in [0.717, 1.165) is 31.4 Å². The van der Waals surface area contributed by atoms with Gasteiger partial charge in [-0.3, -0.25) is 9.59 Å². The van der Waals surface area contributed by atoms with Crippen LogP contribution >= 0.6 is 0 Å². The Labute approximate surface area is 177 Å². The highest BCUT2D eigenvalue weighted by molar-refractivity contribution is 5.93. The van der Waals surface area contributed by atoms with Gasteiger partial charge in [-0.25, -0.2) is 0 Å². The molecule has 1 aliphatic rings. The van der Waals surface area contributed by atoms with Crippen LogP contribution in [0.15, 0.2) is 48.5 Å². The number of hydrogen-bond donors (Lipinski definition) is 1. The second kappa shape index (κ2) is 10.4. The van der Waals surface area contributed by atoms with Crippen molar-refractivity contribution in [1.29, 1.82) is 5.26 Å². The molecule has 1 fully saturated rings. The van der Waals surface area contributed by atoms with E-state index in [1.807, 2.05) is 42.2 Å². The van der Waals surface area contributed by atoms with Crippen LogP contribution in [0.2, 0.25) is 0 Å². The SMILES string of the molecule is CCCC(=O)N1CCCC(C(=O)Nc2cccc(OCc3cccc(C#N)c3)c2)C1. The van der Waals surface area contributed by atoms with Crippen LogP contribution in [-0.2, 0) is 16.2 Å². The number of amides is 2. The third kappa shape index (κ3) is 5.84. The molecule has 6 heteroatoms. The number of ether oxygens (including phenoxy) is 1. The Kier molecular flexibility index (Phi) is 7.45. The number of nitrogens with one attached hydrogen (secondary N) is 1. The molecule has 2 amide bonds. The fourth-order valence-electron chi connectivity index (χ4n) is 3.59. The highest BCUT2D eigenvalue weighted by Crippen LogP contribution is 2.22. The highest BCUT2D eigenvalue weighted by atomic mass is 16.5. The van der Waals surface area contributed by atoms with E-state index in [2.05, 4.69) is 11.4 Å². The number of carbonyl (C=O) groups excluding carboxylic acids is 2. The van der Waals surface area contributed by atoms with Crippen molar-refractivity contribution < 1.29 is 14.3 Å². The summed E-state index contributed by atoms with van der Waals surface area (Å²) in [6, 6.07) is 16.7. The first-order valence-electron chi connectivity index (χ1n) is 10.4. The summed E-state index contributed by atoms with van der Waals surface area (Å²) in [5, 5.41) is 12.0. The van der Waals surface area contributed by atoms with Crippen molar-refractivity contribution in [2.45, 2.75) is 39.2 Å². The fourth-order valence-corrected chi connectivity index (χ4v) is 3.59. The smallest absolute Gasteiger partial charge is 0.229 e. The molecule has 0 bridgehead atoms. The minimum absolute atomic E-state index is 0.0668. The summed E-state index contributed by atoms with van der Waals surface area (Å²) in [7, 11) is 0. The van der Waals surface area contributed by atoms with Crippen molar-refractivity contribution in [2.24, 2.45) is 5.92 Å². The first-order valence-corrected chi connectivity index (χ1v) is 10.4. The molecule has 0 radical (unpaired) electrons. The minimum atomic E-state index is -0.196. The van der Waals surface area contributed by atoms with Gasteiger partial charge in [0.15, 0.2) is 0 Å². The molecule has 0 aliphatic carbocycles. The van der Waals surface area contributed by atoms with Gasteiger partial charge in [0.05, 0.1) is 17.6 Å². The van der Waals surface area contributed by atoms with E-state index in [1.165, 1.54) is 0 Å². The molecule has 1 heterocycles. The van der Waals surface area contributed by atoms with E-state index in [-0.39, 0.29) is 17.7 Å². The molecule has 2 aromatic rings. The zero-order valence-electron chi connectivity index (χ0n) is 17.3. The number of anilines is 1. The standard InChI is InChI=1S/C24H27N3O3/c1-2-6-23(28)27-12-5-9-20(16-27)24(29)26-21-10-4-11-22(14-21)30-17-19-8-3-7-18(13-19)15-25/h3-4,7-8,10-11,13-14,20H,2,5-6,9,12,16-17H2,1H3,(H,26,29). The van der Waals surface area contributed by atoms with Crippen LogP contribution in [0.4, 0.5) is 5.69 Å². The Balaban J connectivity index is 1.57. The predicted octanol–water partition coefficient (Wildman–Crippen LogP) is 4.11. The Hall–Kier alpha value is -3.33. The van der Waals surface area contributed by atoms with Gasteiger partial charge in [-0.15, -0.1) is 0 Å². The maximum atomic E-state index is 12.7. The van der Waals surface area contributed by atoms with E-state index in [4.69, 9.17) is 10.00 Å². The molecule has 30 heavy (non-hydrogen) atoms. The topological polar surface area (TPSA) is 82.4 Å². The summed E-state index contributed by atoms with van der Waals surface area (Å²) in [5.41, 5.74) is 2.17. The summed E-state index contributed by atoms with van der Waals surface area (Å²) in [4.78, 5) is 26.7. The van der Waals surface area contributed by atoms with Gasteiger partial charge >= 0.3 is 0 Å². The lowest BCUT2D eigenvalue weighted by Crippen LogP contribution is -2.43. The summed E-state index contributed by atoms with van der Waals surface area (Å²) in [6.07, 6.45) is 2.98. The Morgan fingerprint density at radius 1 is 1.23 bits per heavy atom. The molecule has 6 nitrogen and oxygen atoms in total. The fraction of sp³-hybridized carbons (Fsp3) is 0.375. The van der Waals surface area contributed by atoms with Crippen LogP contribution in [0.25, 0.3) is 0 Å². The van der Waals surface area contributed by atoms with Crippen LogP contribution in [0.1, 0.15) is 43.7 Å². The first kappa shape index (κ1) is 21.4. The number of hydrogen-bond acceptors (Lipinski definition) is 4. The van der Waals surface area contributed by atoms with Crippen LogP contribution in [0.5, 0.6) is 5.75 Å². The number of likely N-dealkylation sites (tertiary alicyclic amines) is 1. The molecule has 2 aromatic carbocycles. The van der Waals surface area contributed by atoms with Crippen LogP contribution in [-0.4, -0.2) is 29.8 Å². The largest absolute Gasteiger partial charge is 0.489 e. The second-order valence-corrected chi connectivity index (χ2v) is 7.55. The van der Waals surface area contributed by atoms with E-state index < -0.39 is 0 Å². The quantitative estimate of drug-likeness (QED) is 0.751. The molecule has 1 aliphatic heterocycles. The third-order valence-corrected chi connectivity index (χ3v) is 5.17. The van der Waals surface area contributed by atoms with Crippen LogP contribution in [0, 0.1) is 17.2 Å². The molecular formula is C24H27N3O3. The second-order valence-electron chi connectivity index (χ2n) is 7.55. The van der Waals surface area contributed by atoms with Gasteiger partial charge in [-0.1, -0.05) is 25.1 Å². The molecule has 0 spiro atoms. The lowest BCUT2D eigenvalue weighted by molar-refractivity contribution is -0.134. The van der Waals surface area contributed by atoms with Crippen LogP contribution in [0.3, 0.4) is 0 Å². The van der Waals surface area contributed by atoms with Crippen molar-refractivity contribution in [3.05, 3.63) is 59.7 Å². The highest BCUT2D eigenvalue weighted by Gasteiger charge is 2.28. The number of nitrogens with zero attached hydrogens (tertiary/aromatic N) is 2.